The molecule has 0 unspecified atom stereocenters. The predicted molar refractivity (Wildman–Crippen MR) is 74.4 cm³/mol. The van der Waals surface area contributed by atoms with E-state index in [0.717, 1.165) is 6.54 Å². The van der Waals surface area contributed by atoms with Crippen molar-refractivity contribution in [2.45, 2.75) is 44.7 Å². The molecule has 0 aliphatic heterocycles. The number of hydrogen-bond donors (Lipinski definition) is 1. The molecule has 3 nitrogen and oxygen atoms in total. The molecule has 1 aromatic rings. The van der Waals surface area contributed by atoms with E-state index in [1.54, 1.807) is 12.1 Å². The smallest absolute Gasteiger partial charge is 0.335 e. The van der Waals surface area contributed by atoms with E-state index in [9.17, 15) is 4.79 Å². The molecule has 4 heteroatoms. The minimum atomic E-state index is -0.859. The molecule has 0 aromatic heterocycles. The summed E-state index contributed by atoms with van der Waals surface area (Å²) >= 11 is 0. The van der Waals surface area contributed by atoms with Gasteiger partial charge in [0.15, 0.2) is 7.98 Å². The Bertz CT molecular complexity index is 399. The van der Waals surface area contributed by atoms with Crippen molar-refractivity contribution >= 4 is 14.0 Å². The highest BCUT2D eigenvalue weighted by molar-refractivity contribution is 6.04. The highest BCUT2D eigenvalue weighted by Gasteiger charge is 2.17. The summed E-state index contributed by atoms with van der Waals surface area (Å²) in [5, 5.41) is 8.85. The highest BCUT2D eigenvalue weighted by atomic mass is 16.4. The zero-order chi connectivity index (χ0) is 13.0. The Morgan fingerprint density at radius 1 is 1.22 bits per heavy atom. The summed E-state index contributed by atoms with van der Waals surface area (Å²) in [6.45, 7) is 0.907. The molecule has 0 atom stereocenters. The number of benzene rings is 1. The standard InChI is InChI=1S/C14H20BNO2/c15-16(13-4-2-1-3-5-13)10-11-6-8-12(9-7-11)14(17)18/h6-9,13H,1-5,10,15H2,(H,17,18). The van der Waals surface area contributed by atoms with Crippen LogP contribution in [0, 0.1) is 0 Å². The maximum absolute atomic E-state index is 10.8. The van der Waals surface area contributed by atoms with E-state index in [-0.39, 0.29) is 0 Å². The van der Waals surface area contributed by atoms with Gasteiger partial charge >= 0.3 is 5.97 Å². The van der Waals surface area contributed by atoms with E-state index in [1.807, 2.05) is 12.1 Å². The van der Waals surface area contributed by atoms with Crippen molar-refractivity contribution in [3.8, 4) is 0 Å². The van der Waals surface area contributed by atoms with Gasteiger partial charge in [0, 0.05) is 6.54 Å². The van der Waals surface area contributed by atoms with E-state index in [4.69, 9.17) is 5.11 Å². The quantitative estimate of drug-likeness (QED) is 0.825. The maximum atomic E-state index is 10.8. The second-order valence-corrected chi connectivity index (χ2v) is 5.21. The predicted octanol–water partition coefficient (Wildman–Crippen LogP) is 2.07. The third-order valence-electron chi connectivity index (χ3n) is 3.83. The van der Waals surface area contributed by atoms with Gasteiger partial charge in [0.05, 0.1) is 5.56 Å². The Labute approximate surface area is 109 Å². The number of hydrogen-bond acceptors (Lipinski definition) is 2. The summed E-state index contributed by atoms with van der Waals surface area (Å²) in [6.07, 6.45) is 6.64. The van der Waals surface area contributed by atoms with Crippen LogP contribution in [-0.4, -0.2) is 29.9 Å². The molecule has 0 spiro atoms. The van der Waals surface area contributed by atoms with Crippen molar-refractivity contribution in [1.29, 1.82) is 0 Å². The lowest BCUT2D eigenvalue weighted by Gasteiger charge is -2.31. The van der Waals surface area contributed by atoms with Crippen molar-refractivity contribution < 1.29 is 9.90 Å². The minimum Gasteiger partial charge on any atom is -0.478 e. The summed E-state index contributed by atoms with van der Waals surface area (Å²) < 4.78 is 0. The number of carbonyl (C=O) groups is 1. The second-order valence-electron chi connectivity index (χ2n) is 5.21. The van der Waals surface area contributed by atoms with Crippen LogP contribution in [0.5, 0.6) is 0 Å². The van der Waals surface area contributed by atoms with Gasteiger partial charge < -0.3 is 9.92 Å². The van der Waals surface area contributed by atoms with E-state index in [2.05, 4.69) is 12.8 Å². The van der Waals surface area contributed by atoms with Crippen molar-refractivity contribution in [3.05, 3.63) is 35.4 Å². The molecule has 0 bridgehead atoms. The van der Waals surface area contributed by atoms with Gasteiger partial charge in [-0.3, -0.25) is 0 Å². The Hall–Kier alpha value is -1.29. The van der Waals surface area contributed by atoms with E-state index >= 15 is 0 Å². The van der Waals surface area contributed by atoms with Gasteiger partial charge in [0.25, 0.3) is 0 Å². The lowest BCUT2D eigenvalue weighted by molar-refractivity contribution is 0.0697. The monoisotopic (exact) mass is 245 g/mol. The molecule has 1 N–H and O–H groups in total. The van der Waals surface area contributed by atoms with Crippen LogP contribution in [0.15, 0.2) is 24.3 Å². The molecule has 0 radical (unpaired) electrons. The summed E-state index contributed by atoms with van der Waals surface area (Å²) in [6, 6.07) is 7.91. The highest BCUT2D eigenvalue weighted by Crippen LogP contribution is 2.22. The molecule has 0 heterocycles. The summed E-state index contributed by atoms with van der Waals surface area (Å²) in [5.74, 6) is -0.859. The second kappa shape index (κ2) is 6.05. The van der Waals surface area contributed by atoms with Gasteiger partial charge in [-0.15, -0.1) is 0 Å². The topological polar surface area (TPSA) is 40.5 Å². The van der Waals surface area contributed by atoms with Crippen LogP contribution in [0.25, 0.3) is 0 Å². The molecular formula is C14H20BNO2. The van der Waals surface area contributed by atoms with Gasteiger partial charge in [-0.1, -0.05) is 31.4 Å². The summed E-state index contributed by atoms with van der Waals surface area (Å²) in [7, 11) is 2.17. The normalized spacial score (nSPS) is 16.9. The first kappa shape index (κ1) is 13.2. The average Bonchev–Trinajstić information content (AvgIpc) is 2.40. The minimum absolute atomic E-state index is 0.360. The third-order valence-corrected chi connectivity index (χ3v) is 3.83. The van der Waals surface area contributed by atoms with Crippen molar-refractivity contribution in [2.24, 2.45) is 0 Å². The maximum Gasteiger partial charge on any atom is 0.335 e. The molecule has 1 saturated carbocycles. The summed E-state index contributed by atoms with van der Waals surface area (Å²) in [4.78, 5) is 13.2. The Morgan fingerprint density at radius 2 is 1.83 bits per heavy atom. The van der Waals surface area contributed by atoms with Crippen LogP contribution < -0.4 is 0 Å². The van der Waals surface area contributed by atoms with Gasteiger partial charge in [-0.25, -0.2) is 4.79 Å². The van der Waals surface area contributed by atoms with Crippen LogP contribution in [0.4, 0.5) is 0 Å². The molecule has 1 aliphatic carbocycles. The molecule has 1 aliphatic rings. The number of carboxylic acids is 1. The molecule has 0 amide bonds. The van der Waals surface area contributed by atoms with E-state index in [1.165, 1.54) is 37.7 Å². The molecular weight excluding hydrogens is 225 g/mol. The van der Waals surface area contributed by atoms with Crippen molar-refractivity contribution in [1.82, 2.24) is 4.81 Å². The van der Waals surface area contributed by atoms with Crippen molar-refractivity contribution in [3.63, 3.8) is 0 Å². The number of carboxylic acid groups (broad SMARTS) is 1. The summed E-state index contributed by atoms with van der Waals surface area (Å²) in [5.41, 5.74) is 1.55. The lowest BCUT2D eigenvalue weighted by Crippen LogP contribution is -2.34. The number of rotatable bonds is 4. The lowest BCUT2D eigenvalue weighted by atomic mass is 9.92. The number of aromatic carboxylic acids is 1. The first-order chi connectivity index (χ1) is 8.66. The molecule has 96 valence electrons. The molecule has 18 heavy (non-hydrogen) atoms. The SMILES string of the molecule is BN(Cc1ccc(C(=O)O)cc1)C1CCCCC1. The van der Waals surface area contributed by atoms with Gasteiger partial charge in [-0.2, -0.15) is 0 Å². The molecule has 0 saturated heterocycles. The van der Waals surface area contributed by atoms with Crippen LogP contribution in [0.1, 0.15) is 48.0 Å². The van der Waals surface area contributed by atoms with Crippen LogP contribution in [0.2, 0.25) is 0 Å². The first-order valence-electron chi connectivity index (χ1n) is 6.69. The zero-order valence-electron chi connectivity index (χ0n) is 10.9. The van der Waals surface area contributed by atoms with E-state index < -0.39 is 5.97 Å². The largest absolute Gasteiger partial charge is 0.478 e. The third kappa shape index (κ3) is 3.36. The van der Waals surface area contributed by atoms with Crippen LogP contribution in [0.3, 0.4) is 0 Å². The van der Waals surface area contributed by atoms with Crippen LogP contribution in [-0.2, 0) is 6.54 Å². The molecule has 1 aromatic carbocycles. The van der Waals surface area contributed by atoms with Gasteiger partial charge in [0.2, 0.25) is 0 Å². The molecule has 1 fully saturated rings. The fourth-order valence-electron chi connectivity index (χ4n) is 2.69. The van der Waals surface area contributed by atoms with Gasteiger partial charge in [-0.05, 0) is 36.6 Å². The fraction of sp³-hybridized carbons (Fsp3) is 0.500. The molecule has 2 rings (SSSR count). The Balaban J connectivity index is 1.93. The van der Waals surface area contributed by atoms with Crippen molar-refractivity contribution in [2.75, 3.05) is 0 Å². The van der Waals surface area contributed by atoms with E-state index in [0.29, 0.717) is 11.6 Å². The van der Waals surface area contributed by atoms with Crippen LogP contribution >= 0.6 is 0 Å². The fourth-order valence-corrected chi connectivity index (χ4v) is 2.69. The Morgan fingerprint density at radius 3 is 2.39 bits per heavy atom. The Kier molecular flexibility index (Phi) is 4.42. The zero-order valence-corrected chi connectivity index (χ0v) is 10.9. The van der Waals surface area contributed by atoms with Gasteiger partial charge in [0.1, 0.15) is 0 Å². The first-order valence-corrected chi connectivity index (χ1v) is 6.69. The number of nitrogens with zero attached hydrogens (tertiary/aromatic N) is 1. The average molecular weight is 245 g/mol.